The number of esters is 1. The summed E-state index contributed by atoms with van der Waals surface area (Å²) < 4.78 is 4.92. The van der Waals surface area contributed by atoms with Gasteiger partial charge in [-0.15, -0.1) is 0 Å². The van der Waals surface area contributed by atoms with Crippen LogP contribution in [0.1, 0.15) is 12.5 Å². The molecule has 72 valence electrons. The van der Waals surface area contributed by atoms with E-state index in [1.54, 1.807) is 24.3 Å². The van der Waals surface area contributed by atoms with E-state index in [4.69, 9.17) is 9.84 Å². The molecule has 0 radical (unpaired) electrons. The van der Waals surface area contributed by atoms with Gasteiger partial charge in [0, 0.05) is 6.92 Å². The van der Waals surface area contributed by atoms with Gasteiger partial charge in [-0.3, -0.25) is 4.79 Å². The van der Waals surface area contributed by atoms with Crippen LogP contribution < -0.4 is 4.74 Å². The van der Waals surface area contributed by atoms with Gasteiger partial charge in [0.2, 0.25) is 0 Å². The molecule has 3 nitrogen and oxygen atoms in total. The summed E-state index contributed by atoms with van der Waals surface area (Å²) in [5.74, 6) is 5.22. The summed E-state index contributed by atoms with van der Waals surface area (Å²) in [6, 6.07) is 6.92. The highest BCUT2D eigenvalue weighted by Gasteiger charge is 2.01. The van der Waals surface area contributed by atoms with Gasteiger partial charge in [0.1, 0.15) is 12.4 Å². The molecule has 0 saturated carbocycles. The first-order valence-corrected chi connectivity index (χ1v) is 4.11. The molecule has 1 rings (SSSR count). The molecular formula is C11H10O3. The molecule has 0 aliphatic rings. The van der Waals surface area contributed by atoms with E-state index in [0.717, 1.165) is 0 Å². The van der Waals surface area contributed by atoms with Crippen molar-refractivity contribution in [2.75, 3.05) is 6.61 Å². The molecule has 0 amide bonds. The highest BCUT2D eigenvalue weighted by atomic mass is 16.5. The molecule has 0 unspecified atom stereocenters. The van der Waals surface area contributed by atoms with Gasteiger partial charge >= 0.3 is 5.97 Å². The average molecular weight is 190 g/mol. The molecule has 14 heavy (non-hydrogen) atoms. The Hall–Kier alpha value is -1.79. The van der Waals surface area contributed by atoms with Crippen molar-refractivity contribution in [2.24, 2.45) is 0 Å². The van der Waals surface area contributed by atoms with Crippen molar-refractivity contribution in [3.8, 4) is 17.6 Å². The summed E-state index contributed by atoms with van der Waals surface area (Å²) in [5, 5.41) is 8.52. The number of carbonyl (C=O) groups excluding carboxylic acids is 1. The highest BCUT2D eigenvalue weighted by Crippen LogP contribution is 2.16. The van der Waals surface area contributed by atoms with Crippen LogP contribution in [0.5, 0.6) is 5.75 Å². The minimum Gasteiger partial charge on any atom is -0.425 e. The Balaban J connectivity index is 2.96. The van der Waals surface area contributed by atoms with E-state index in [1.165, 1.54) is 6.92 Å². The van der Waals surface area contributed by atoms with Crippen LogP contribution in [0.2, 0.25) is 0 Å². The molecule has 0 aliphatic carbocycles. The number of hydrogen-bond donors (Lipinski definition) is 1. The fraction of sp³-hybridized carbons (Fsp3) is 0.182. The molecule has 0 aliphatic heterocycles. The molecule has 0 saturated heterocycles. The van der Waals surface area contributed by atoms with Crippen molar-refractivity contribution >= 4 is 5.97 Å². The maximum Gasteiger partial charge on any atom is 0.308 e. The molecule has 1 aromatic carbocycles. The van der Waals surface area contributed by atoms with Crippen molar-refractivity contribution in [1.29, 1.82) is 0 Å². The molecule has 0 heterocycles. The third-order valence-electron chi connectivity index (χ3n) is 1.44. The summed E-state index contributed by atoms with van der Waals surface area (Å²) in [7, 11) is 0. The number of rotatable bonds is 1. The summed E-state index contributed by atoms with van der Waals surface area (Å²) >= 11 is 0. The van der Waals surface area contributed by atoms with Crippen LogP contribution in [0.3, 0.4) is 0 Å². The first-order chi connectivity index (χ1) is 6.74. The lowest BCUT2D eigenvalue weighted by molar-refractivity contribution is -0.131. The SMILES string of the molecule is CC(=O)Oc1ccccc1C#CCO. The maximum atomic E-state index is 10.7. The standard InChI is InChI=1S/C11H10O3/c1-9(13)14-11-7-3-2-5-10(11)6-4-8-12/h2-3,5,7,12H,8H2,1H3. The number of carbonyl (C=O) groups is 1. The number of aliphatic hydroxyl groups is 1. The Morgan fingerprint density at radius 2 is 2.21 bits per heavy atom. The van der Waals surface area contributed by atoms with Crippen LogP contribution in [0.15, 0.2) is 24.3 Å². The molecule has 3 heteroatoms. The largest absolute Gasteiger partial charge is 0.425 e. The van der Waals surface area contributed by atoms with Crippen LogP contribution in [0.25, 0.3) is 0 Å². The lowest BCUT2D eigenvalue weighted by Crippen LogP contribution is -2.02. The van der Waals surface area contributed by atoms with Gasteiger partial charge in [0.25, 0.3) is 0 Å². The van der Waals surface area contributed by atoms with E-state index in [-0.39, 0.29) is 12.6 Å². The monoisotopic (exact) mass is 190 g/mol. The minimum atomic E-state index is -0.386. The quantitative estimate of drug-likeness (QED) is 0.407. The summed E-state index contributed by atoms with van der Waals surface area (Å²) in [5.41, 5.74) is 0.594. The summed E-state index contributed by atoms with van der Waals surface area (Å²) in [6.45, 7) is 1.12. The van der Waals surface area contributed by atoms with E-state index < -0.39 is 0 Å². The Kier molecular flexibility index (Phi) is 3.71. The van der Waals surface area contributed by atoms with Gasteiger partial charge in [0.15, 0.2) is 0 Å². The molecule has 1 N–H and O–H groups in total. The van der Waals surface area contributed by atoms with E-state index in [2.05, 4.69) is 11.8 Å². The van der Waals surface area contributed by atoms with Gasteiger partial charge in [0.05, 0.1) is 5.56 Å². The number of hydrogen-bond acceptors (Lipinski definition) is 3. The summed E-state index contributed by atoms with van der Waals surface area (Å²) in [4.78, 5) is 10.7. The minimum absolute atomic E-state index is 0.214. The van der Waals surface area contributed by atoms with Gasteiger partial charge in [-0.2, -0.15) is 0 Å². The van der Waals surface area contributed by atoms with Gasteiger partial charge in [-0.25, -0.2) is 0 Å². The second-order valence-corrected chi connectivity index (χ2v) is 2.55. The Labute approximate surface area is 82.3 Å². The fourth-order valence-electron chi connectivity index (χ4n) is 0.949. The molecule has 0 spiro atoms. The number of benzene rings is 1. The van der Waals surface area contributed by atoms with Crippen LogP contribution in [-0.4, -0.2) is 17.7 Å². The molecule has 0 bridgehead atoms. The maximum absolute atomic E-state index is 10.7. The Bertz CT molecular complexity index is 385. The van der Waals surface area contributed by atoms with Gasteiger partial charge in [-0.05, 0) is 12.1 Å². The zero-order valence-electron chi connectivity index (χ0n) is 7.78. The molecule has 1 aromatic rings. The van der Waals surface area contributed by atoms with Crippen molar-refractivity contribution in [1.82, 2.24) is 0 Å². The third-order valence-corrected chi connectivity index (χ3v) is 1.44. The van der Waals surface area contributed by atoms with Crippen molar-refractivity contribution in [3.63, 3.8) is 0 Å². The second kappa shape index (κ2) is 5.05. The zero-order valence-corrected chi connectivity index (χ0v) is 7.78. The number of ether oxygens (including phenoxy) is 1. The normalized spacial score (nSPS) is 8.71. The molecule has 0 aromatic heterocycles. The predicted molar refractivity (Wildman–Crippen MR) is 51.7 cm³/mol. The van der Waals surface area contributed by atoms with Crippen LogP contribution in [-0.2, 0) is 4.79 Å². The van der Waals surface area contributed by atoms with Crippen molar-refractivity contribution < 1.29 is 14.6 Å². The predicted octanol–water partition coefficient (Wildman–Crippen LogP) is 0.956. The van der Waals surface area contributed by atoms with Gasteiger partial charge in [-0.1, -0.05) is 24.0 Å². The third kappa shape index (κ3) is 2.92. The number of aliphatic hydroxyl groups excluding tert-OH is 1. The molecule has 0 fully saturated rings. The first kappa shape index (κ1) is 10.3. The smallest absolute Gasteiger partial charge is 0.308 e. The average Bonchev–Trinajstić information content (AvgIpc) is 2.16. The topological polar surface area (TPSA) is 46.5 Å². The lowest BCUT2D eigenvalue weighted by atomic mass is 10.2. The van der Waals surface area contributed by atoms with Crippen LogP contribution >= 0.6 is 0 Å². The van der Waals surface area contributed by atoms with Crippen LogP contribution in [0, 0.1) is 11.8 Å². The molecular weight excluding hydrogens is 180 g/mol. The fourth-order valence-corrected chi connectivity index (χ4v) is 0.949. The Morgan fingerprint density at radius 1 is 1.50 bits per heavy atom. The molecule has 0 atom stereocenters. The van der Waals surface area contributed by atoms with E-state index in [1.807, 2.05) is 0 Å². The zero-order chi connectivity index (χ0) is 10.4. The number of para-hydroxylation sites is 1. The van der Waals surface area contributed by atoms with E-state index in [9.17, 15) is 4.79 Å². The van der Waals surface area contributed by atoms with E-state index >= 15 is 0 Å². The lowest BCUT2D eigenvalue weighted by Gasteiger charge is -2.02. The van der Waals surface area contributed by atoms with Crippen LogP contribution in [0.4, 0.5) is 0 Å². The first-order valence-electron chi connectivity index (χ1n) is 4.11. The highest BCUT2D eigenvalue weighted by molar-refractivity contribution is 5.70. The van der Waals surface area contributed by atoms with Crippen molar-refractivity contribution in [2.45, 2.75) is 6.92 Å². The van der Waals surface area contributed by atoms with E-state index in [0.29, 0.717) is 11.3 Å². The Morgan fingerprint density at radius 3 is 2.86 bits per heavy atom. The second-order valence-electron chi connectivity index (χ2n) is 2.55. The van der Waals surface area contributed by atoms with Crippen molar-refractivity contribution in [3.05, 3.63) is 29.8 Å². The van der Waals surface area contributed by atoms with Gasteiger partial charge < -0.3 is 9.84 Å². The summed E-state index contributed by atoms with van der Waals surface area (Å²) in [6.07, 6.45) is 0.